The standard InChI is InChI=1S/C16H23N3/c1-4-6-10-19-12-13(3)17-16(19)18-15-9-7-8-14(5-2)11-15/h7-9,11-12H,4-6,10H2,1-3H3,(H,17,18). The Bertz CT molecular complexity index is 529. The van der Waals surface area contributed by atoms with Gasteiger partial charge in [0.25, 0.3) is 0 Å². The van der Waals surface area contributed by atoms with Crippen molar-refractivity contribution in [3.63, 3.8) is 0 Å². The maximum absolute atomic E-state index is 4.57. The highest BCUT2D eigenvalue weighted by Crippen LogP contribution is 2.18. The molecule has 0 unspecified atom stereocenters. The Balaban J connectivity index is 2.17. The average molecular weight is 257 g/mol. The van der Waals surface area contributed by atoms with Gasteiger partial charge in [0, 0.05) is 18.4 Å². The van der Waals surface area contributed by atoms with Crippen LogP contribution in [0.4, 0.5) is 11.6 Å². The molecule has 1 N–H and O–H groups in total. The van der Waals surface area contributed by atoms with E-state index in [0.29, 0.717) is 0 Å². The number of anilines is 2. The van der Waals surface area contributed by atoms with E-state index < -0.39 is 0 Å². The topological polar surface area (TPSA) is 29.9 Å². The summed E-state index contributed by atoms with van der Waals surface area (Å²) in [5, 5.41) is 3.43. The molecular formula is C16H23N3. The first-order chi connectivity index (χ1) is 9.22. The summed E-state index contributed by atoms with van der Waals surface area (Å²) in [6.45, 7) is 7.44. The molecule has 0 fully saturated rings. The van der Waals surface area contributed by atoms with Crippen LogP contribution in [-0.4, -0.2) is 9.55 Å². The average Bonchev–Trinajstić information content (AvgIpc) is 2.76. The first-order valence-corrected chi connectivity index (χ1v) is 7.12. The summed E-state index contributed by atoms with van der Waals surface area (Å²) in [5.74, 6) is 0.944. The number of nitrogens with zero attached hydrogens (tertiary/aromatic N) is 2. The highest BCUT2D eigenvalue weighted by molar-refractivity contribution is 5.55. The van der Waals surface area contributed by atoms with Gasteiger partial charge in [-0.15, -0.1) is 0 Å². The van der Waals surface area contributed by atoms with Crippen molar-refractivity contribution in [1.82, 2.24) is 9.55 Å². The monoisotopic (exact) mass is 257 g/mol. The van der Waals surface area contributed by atoms with Crippen molar-refractivity contribution < 1.29 is 0 Å². The number of unbranched alkanes of at least 4 members (excludes halogenated alkanes) is 1. The predicted molar refractivity (Wildman–Crippen MR) is 81.0 cm³/mol. The Morgan fingerprint density at radius 1 is 1.26 bits per heavy atom. The van der Waals surface area contributed by atoms with Gasteiger partial charge in [0.1, 0.15) is 0 Å². The molecule has 0 aliphatic rings. The Hall–Kier alpha value is -1.77. The highest BCUT2D eigenvalue weighted by Gasteiger charge is 2.05. The summed E-state index contributed by atoms with van der Waals surface area (Å²) in [7, 11) is 0. The lowest BCUT2D eigenvalue weighted by Crippen LogP contribution is -2.03. The third kappa shape index (κ3) is 3.60. The molecule has 3 nitrogen and oxygen atoms in total. The summed E-state index contributed by atoms with van der Waals surface area (Å²) in [4.78, 5) is 4.57. The lowest BCUT2D eigenvalue weighted by atomic mass is 10.1. The fraction of sp³-hybridized carbons (Fsp3) is 0.438. The van der Waals surface area contributed by atoms with Gasteiger partial charge in [-0.1, -0.05) is 32.4 Å². The zero-order valence-electron chi connectivity index (χ0n) is 12.1. The zero-order chi connectivity index (χ0) is 13.7. The van der Waals surface area contributed by atoms with Crippen LogP contribution in [0.2, 0.25) is 0 Å². The first-order valence-electron chi connectivity index (χ1n) is 7.12. The van der Waals surface area contributed by atoms with Crippen molar-refractivity contribution in [2.75, 3.05) is 5.32 Å². The quantitative estimate of drug-likeness (QED) is 0.836. The summed E-state index contributed by atoms with van der Waals surface area (Å²) in [6, 6.07) is 8.52. The van der Waals surface area contributed by atoms with Gasteiger partial charge < -0.3 is 9.88 Å². The molecule has 0 saturated carbocycles. The van der Waals surface area contributed by atoms with E-state index in [1.165, 1.54) is 18.4 Å². The van der Waals surface area contributed by atoms with Crippen LogP contribution in [0.5, 0.6) is 0 Å². The van der Waals surface area contributed by atoms with Crippen LogP contribution in [0.15, 0.2) is 30.5 Å². The second-order valence-corrected chi connectivity index (χ2v) is 4.93. The SMILES string of the molecule is CCCCn1cc(C)nc1Nc1cccc(CC)c1. The molecule has 1 aromatic heterocycles. The van der Waals surface area contributed by atoms with E-state index in [0.717, 1.165) is 30.3 Å². The van der Waals surface area contributed by atoms with E-state index in [1.807, 2.05) is 6.92 Å². The minimum atomic E-state index is 0.944. The number of aryl methyl sites for hydroxylation is 3. The molecule has 0 bridgehead atoms. The van der Waals surface area contributed by atoms with Gasteiger partial charge in [-0.3, -0.25) is 0 Å². The number of hydrogen-bond donors (Lipinski definition) is 1. The zero-order valence-corrected chi connectivity index (χ0v) is 12.1. The van der Waals surface area contributed by atoms with Gasteiger partial charge >= 0.3 is 0 Å². The molecule has 0 saturated heterocycles. The number of aromatic nitrogens is 2. The van der Waals surface area contributed by atoms with Crippen LogP contribution < -0.4 is 5.32 Å². The first kappa shape index (κ1) is 13.7. The summed E-state index contributed by atoms with van der Waals surface area (Å²) in [5.41, 5.74) is 3.52. The van der Waals surface area contributed by atoms with Crippen LogP contribution in [-0.2, 0) is 13.0 Å². The van der Waals surface area contributed by atoms with Crippen molar-refractivity contribution in [3.8, 4) is 0 Å². The van der Waals surface area contributed by atoms with Crippen LogP contribution in [0.3, 0.4) is 0 Å². The highest BCUT2D eigenvalue weighted by atomic mass is 15.2. The van der Waals surface area contributed by atoms with E-state index in [2.05, 4.69) is 59.2 Å². The number of hydrogen-bond acceptors (Lipinski definition) is 2. The van der Waals surface area contributed by atoms with Gasteiger partial charge in [-0.25, -0.2) is 4.98 Å². The van der Waals surface area contributed by atoms with Crippen molar-refractivity contribution in [2.45, 2.75) is 46.6 Å². The third-order valence-corrected chi connectivity index (χ3v) is 3.24. The fourth-order valence-electron chi connectivity index (χ4n) is 2.14. The Kier molecular flexibility index (Phi) is 4.61. The predicted octanol–water partition coefficient (Wildman–Crippen LogP) is 4.30. The van der Waals surface area contributed by atoms with Crippen molar-refractivity contribution in [1.29, 1.82) is 0 Å². The van der Waals surface area contributed by atoms with Gasteiger partial charge in [-0.2, -0.15) is 0 Å². The van der Waals surface area contributed by atoms with E-state index >= 15 is 0 Å². The van der Waals surface area contributed by atoms with E-state index in [4.69, 9.17) is 0 Å². The second kappa shape index (κ2) is 6.41. The molecule has 0 amide bonds. The van der Waals surface area contributed by atoms with Gasteiger partial charge in [0.2, 0.25) is 5.95 Å². The molecule has 19 heavy (non-hydrogen) atoms. The third-order valence-electron chi connectivity index (χ3n) is 3.24. The van der Waals surface area contributed by atoms with E-state index in [1.54, 1.807) is 0 Å². The number of benzene rings is 1. The summed E-state index contributed by atoms with van der Waals surface area (Å²) < 4.78 is 2.21. The normalized spacial score (nSPS) is 10.7. The summed E-state index contributed by atoms with van der Waals surface area (Å²) >= 11 is 0. The molecule has 1 aromatic carbocycles. The molecule has 102 valence electrons. The largest absolute Gasteiger partial charge is 0.326 e. The molecule has 0 radical (unpaired) electrons. The van der Waals surface area contributed by atoms with Gasteiger partial charge in [0.05, 0.1) is 5.69 Å². The maximum atomic E-state index is 4.57. The molecule has 1 heterocycles. The molecule has 0 spiro atoms. The molecule has 2 aromatic rings. The lowest BCUT2D eigenvalue weighted by Gasteiger charge is -2.10. The van der Waals surface area contributed by atoms with E-state index in [9.17, 15) is 0 Å². The smallest absolute Gasteiger partial charge is 0.207 e. The number of rotatable bonds is 6. The molecule has 3 heteroatoms. The molecule has 0 aliphatic carbocycles. The van der Waals surface area contributed by atoms with Crippen LogP contribution in [0.1, 0.15) is 37.9 Å². The Morgan fingerprint density at radius 3 is 2.84 bits per heavy atom. The van der Waals surface area contributed by atoms with Gasteiger partial charge in [0.15, 0.2) is 0 Å². The molecule has 0 atom stereocenters. The minimum Gasteiger partial charge on any atom is -0.326 e. The van der Waals surface area contributed by atoms with Crippen molar-refractivity contribution in [2.24, 2.45) is 0 Å². The minimum absolute atomic E-state index is 0.944. The second-order valence-electron chi connectivity index (χ2n) is 4.93. The van der Waals surface area contributed by atoms with Crippen LogP contribution in [0, 0.1) is 6.92 Å². The maximum Gasteiger partial charge on any atom is 0.207 e. The molecule has 2 rings (SSSR count). The number of imidazole rings is 1. The van der Waals surface area contributed by atoms with Crippen molar-refractivity contribution >= 4 is 11.6 Å². The van der Waals surface area contributed by atoms with E-state index in [-0.39, 0.29) is 0 Å². The molecule has 0 aliphatic heterocycles. The van der Waals surface area contributed by atoms with Crippen LogP contribution in [0.25, 0.3) is 0 Å². The lowest BCUT2D eigenvalue weighted by molar-refractivity contribution is 0.637. The Labute approximate surface area is 115 Å². The van der Waals surface area contributed by atoms with Gasteiger partial charge in [-0.05, 0) is 37.5 Å². The fourth-order valence-corrected chi connectivity index (χ4v) is 2.14. The Morgan fingerprint density at radius 2 is 2.11 bits per heavy atom. The molecular weight excluding hydrogens is 234 g/mol. The van der Waals surface area contributed by atoms with Crippen LogP contribution >= 0.6 is 0 Å². The summed E-state index contributed by atoms with van der Waals surface area (Å²) in [6.07, 6.45) is 5.54. The van der Waals surface area contributed by atoms with Crippen molar-refractivity contribution in [3.05, 3.63) is 41.7 Å². The number of nitrogens with one attached hydrogen (secondary N) is 1.